The fourth-order valence-corrected chi connectivity index (χ4v) is 4.36. The number of carboxylic acids is 1. The van der Waals surface area contributed by atoms with Gasteiger partial charge in [-0.3, -0.25) is 9.59 Å². The van der Waals surface area contributed by atoms with Crippen molar-refractivity contribution in [2.45, 2.75) is 23.9 Å². The Labute approximate surface area is 126 Å². The molecule has 1 aromatic carbocycles. The maximum absolute atomic E-state index is 12.6. The summed E-state index contributed by atoms with van der Waals surface area (Å²) < 4.78 is 26.2. The number of pyridine rings is 1. The van der Waals surface area contributed by atoms with Gasteiger partial charge in [0.05, 0.1) is 5.52 Å². The predicted molar refractivity (Wildman–Crippen MR) is 79.1 cm³/mol. The SMILES string of the molecule is O=C(O)[C@@H]1CCCN1S(=O)(=O)c1cc(=O)c2ccccc2[nH]1. The maximum atomic E-state index is 12.6. The number of hydrogen-bond donors (Lipinski definition) is 2. The number of benzene rings is 1. The molecule has 0 saturated carbocycles. The Hall–Kier alpha value is -2.19. The fraction of sp³-hybridized carbons (Fsp3) is 0.286. The summed E-state index contributed by atoms with van der Waals surface area (Å²) in [6.07, 6.45) is 0.750. The Morgan fingerprint density at radius 2 is 2.05 bits per heavy atom. The van der Waals surface area contributed by atoms with Gasteiger partial charge in [-0.25, -0.2) is 8.42 Å². The van der Waals surface area contributed by atoms with Gasteiger partial charge in [-0.05, 0) is 25.0 Å². The lowest BCUT2D eigenvalue weighted by Gasteiger charge is -2.20. The van der Waals surface area contributed by atoms with E-state index < -0.39 is 27.5 Å². The second kappa shape index (κ2) is 5.22. The highest BCUT2D eigenvalue weighted by Crippen LogP contribution is 2.25. The first kappa shape index (κ1) is 14.7. The molecule has 0 radical (unpaired) electrons. The highest BCUT2D eigenvalue weighted by Gasteiger charge is 2.40. The van der Waals surface area contributed by atoms with Crippen molar-refractivity contribution in [1.82, 2.24) is 9.29 Å². The van der Waals surface area contributed by atoms with Gasteiger partial charge in [0.15, 0.2) is 10.5 Å². The zero-order chi connectivity index (χ0) is 15.9. The molecule has 8 heteroatoms. The number of fused-ring (bicyclic) bond motifs is 1. The van der Waals surface area contributed by atoms with Crippen molar-refractivity contribution < 1.29 is 18.3 Å². The highest BCUT2D eigenvalue weighted by molar-refractivity contribution is 7.89. The van der Waals surface area contributed by atoms with Crippen molar-refractivity contribution in [3.8, 4) is 0 Å². The van der Waals surface area contributed by atoms with E-state index in [1.165, 1.54) is 0 Å². The Bertz CT molecular complexity index is 903. The molecule has 2 aromatic rings. The second-order valence-electron chi connectivity index (χ2n) is 5.16. The molecule has 1 aromatic heterocycles. The van der Waals surface area contributed by atoms with E-state index in [4.69, 9.17) is 5.11 Å². The van der Waals surface area contributed by atoms with Crippen LogP contribution in [-0.2, 0) is 14.8 Å². The number of carboxylic acid groups (broad SMARTS) is 1. The summed E-state index contributed by atoms with van der Waals surface area (Å²) in [5, 5.41) is 9.26. The monoisotopic (exact) mass is 322 g/mol. The fourth-order valence-electron chi connectivity index (χ4n) is 2.71. The van der Waals surface area contributed by atoms with Gasteiger partial charge in [0.25, 0.3) is 10.0 Å². The van der Waals surface area contributed by atoms with Crippen molar-refractivity contribution in [3.05, 3.63) is 40.6 Å². The third-order valence-corrected chi connectivity index (χ3v) is 5.62. The van der Waals surface area contributed by atoms with Crippen LogP contribution in [0.2, 0.25) is 0 Å². The summed E-state index contributed by atoms with van der Waals surface area (Å²) >= 11 is 0. The van der Waals surface area contributed by atoms with Gasteiger partial charge in [0, 0.05) is 18.0 Å². The van der Waals surface area contributed by atoms with E-state index in [1.54, 1.807) is 24.3 Å². The summed E-state index contributed by atoms with van der Waals surface area (Å²) in [7, 11) is -4.05. The van der Waals surface area contributed by atoms with Gasteiger partial charge in [-0.1, -0.05) is 12.1 Å². The van der Waals surface area contributed by atoms with E-state index in [0.717, 1.165) is 10.4 Å². The molecule has 3 rings (SSSR count). The van der Waals surface area contributed by atoms with Crippen molar-refractivity contribution in [3.63, 3.8) is 0 Å². The highest BCUT2D eigenvalue weighted by atomic mass is 32.2. The first-order valence-corrected chi connectivity index (χ1v) is 8.22. The Morgan fingerprint density at radius 1 is 1.32 bits per heavy atom. The summed E-state index contributed by atoms with van der Waals surface area (Å²) in [5.74, 6) is -1.18. The molecule has 0 bridgehead atoms. The third-order valence-electron chi connectivity index (χ3n) is 3.79. The lowest BCUT2D eigenvalue weighted by Crippen LogP contribution is -2.40. The molecule has 0 spiro atoms. The number of carbonyl (C=O) groups is 1. The molecule has 0 unspecified atom stereocenters. The average Bonchev–Trinajstić information content (AvgIpc) is 2.97. The van der Waals surface area contributed by atoms with Crippen LogP contribution in [-0.4, -0.2) is 41.4 Å². The van der Waals surface area contributed by atoms with Crippen LogP contribution < -0.4 is 5.43 Å². The molecular weight excluding hydrogens is 308 g/mol. The largest absolute Gasteiger partial charge is 0.480 e. The predicted octanol–water partition coefficient (Wildman–Crippen LogP) is 0.766. The van der Waals surface area contributed by atoms with Gasteiger partial charge in [0.1, 0.15) is 6.04 Å². The van der Waals surface area contributed by atoms with Crippen LogP contribution in [0.1, 0.15) is 12.8 Å². The number of nitrogens with zero attached hydrogens (tertiary/aromatic N) is 1. The van der Waals surface area contributed by atoms with Gasteiger partial charge in [0.2, 0.25) is 0 Å². The number of rotatable bonds is 3. The van der Waals surface area contributed by atoms with Crippen LogP contribution in [0.15, 0.2) is 40.2 Å². The number of nitrogens with one attached hydrogen (secondary N) is 1. The summed E-state index contributed by atoms with van der Waals surface area (Å²) in [6, 6.07) is 6.50. The van der Waals surface area contributed by atoms with Crippen molar-refractivity contribution >= 4 is 26.9 Å². The Balaban J connectivity index is 2.13. The summed E-state index contributed by atoms with van der Waals surface area (Å²) in [5.41, 5.74) is -0.0151. The van der Waals surface area contributed by atoms with Crippen LogP contribution in [0.3, 0.4) is 0 Å². The molecular formula is C14H14N2O5S. The van der Waals surface area contributed by atoms with E-state index in [2.05, 4.69) is 4.98 Å². The standard InChI is InChI=1S/C14H14N2O5S/c17-12-8-13(15-10-5-2-1-4-9(10)12)22(20,21)16-7-3-6-11(16)14(18)19/h1-2,4-5,8,11H,3,6-7H2,(H,15,17)(H,18,19)/t11-/m0/s1. The van der Waals surface area contributed by atoms with Crippen LogP contribution in [0.5, 0.6) is 0 Å². The number of para-hydroxylation sites is 1. The van der Waals surface area contributed by atoms with Crippen molar-refractivity contribution in [2.75, 3.05) is 6.54 Å². The number of sulfonamides is 1. The van der Waals surface area contributed by atoms with E-state index in [9.17, 15) is 18.0 Å². The number of aromatic nitrogens is 1. The molecule has 2 heterocycles. The van der Waals surface area contributed by atoms with Crippen LogP contribution in [0, 0.1) is 0 Å². The second-order valence-corrected chi connectivity index (χ2v) is 7.01. The minimum atomic E-state index is -4.05. The Morgan fingerprint density at radius 3 is 2.77 bits per heavy atom. The molecule has 0 aliphatic carbocycles. The van der Waals surface area contributed by atoms with E-state index in [-0.39, 0.29) is 18.0 Å². The summed E-state index contributed by atoms with van der Waals surface area (Å²) in [4.78, 5) is 26.0. The van der Waals surface area contributed by atoms with Gasteiger partial charge >= 0.3 is 5.97 Å². The van der Waals surface area contributed by atoms with Crippen molar-refractivity contribution in [2.24, 2.45) is 0 Å². The molecule has 1 atom stereocenters. The minimum absolute atomic E-state index is 0.133. The van der Waals surface area contributed by atoms with Crippen LogP contribution in [0.25, 0.3) is 10.9 Å². The van der Waals surface area contributed by atoms with Crippen molar-refractivity contribution in [1.29, 1.82) is 0 Å². The lowest BCUT2D eigenvalue weighted by molar-refractivity contribution is -0.140. The number of hydrogen-bond acceptors (Lipinski definition) is 4. The number of aliphatic carboxylic acids is 1. The zero-order valence-corrected chi connectivity index (χ0v) is 12.3. The first-order valence-electron chi connectivity index (χ1n) is 6.78. The molecule has 1 saturated heterocycles. The molecule has 2 N–H and O–H groups in total. The Kier molecular flexibility index (Phi) is 3.50. The zero-order valence-electron chi connectivity index (χ0n) is 11.5. The average molecular weight is 322 g/mol. The minimum Gasteiger partial charge on any atom is -0.480 e. The van der Waals surface area contributed by atoms with Crippen LogP contribution >= 0.6 is 0 Å². The summed E-state index contributed by atoms with van der Waals surface area (Å²) in [6.45, 7) is 0.133. The van der Waals surface area contributed by atoms with E-state index >= 15 is 0 Å². The number of H-pyrrole nitrogens is 1. The molecule has 1 aliphatic heterocycles. The topological polar surface area (TPSA) is 108 Å². The third kappa shape index (κ3) is 2.30. The van der Waals surface area contributed by atoms with Gasteiger partial charge in [-0.2, -0.15) is 4.31 Å². The van der Waals surface area contributed by atoms with E-state index in [0.29, 0.717) is 17.3 Å². The molecule has 1 aliphatic rings. The number of aromatic amines is 1. The molecule has 7 nitrogen and oxygen atoms in total. The van der Waals surface area contributed by atoms with E-state index in [1.807, 2.05) is 0 Å². The molecule has 1 fully saturated rings. The first-order chi connectivity index (χ1) is 10.4. The smallest absolute Gasteiger partial charge is 0.322 e. The van der Waals surface area contributed by atoms with Gasteiger partial charge in [-0.15, -0.1) is 0 Å². The molecule has 22 heavy (non-hydrogen) atoms. The maximum Gasteiger partial charge on any atom is 0.322 e. The van der Waals surface area contributed by atoms with Crippen LogP contribution in [0.4, 0.5) is 0 Å². The molecule has 116 valence electrons. The van der Waals surface area contributed by atoms with Gasteiger partial charge < -0.3 is 10.1 Å². The lowest BCUT2D eigenvalue weighted by atomic mass is 10.2. The normalized spacial score (nSPS) is 19.5. The molecule has 0 amide bonds. The quantitative estimate of drug-likeness (QED) is 0.867.